The van der Waals surface area contributed by atoms with E-state index in [1.807, 2.05) is 36.4 Å². The fourth-order valence-electron chi connectivity index (χ4n) is 1.99. The van der Waals surface area contributed by atoms with Crippen molar-refractivity contribution in [2.45, 2.75) is 13.0 Å². The molecule has 3 aromatic rings. The topological polar surface area (TPSA) is 37.8 Å². The number of anilines is 1. The first kappa shape index (κ1) is 12.4. The van der Waals surface area contributed by atoms with Gasteiger partial charge >= 0.3 is 0 Å². The van der Waals surface area contributed by atoms with Crippen molar-refractivity contribution in [3.63, 3.8) is 0 Å². The molecule has 0 fully saturated rings. The lowest BCUT2D eigenvalue weighted by Gasteiger charge is -2.14. The Morgan fingerprint density at radius 3 is 2.84 bits per heavy atom. The zero-order chi connectivity index (χ0) is 13.2. The van der Waals surface area contributed by atoms with Gasteiger partial charge in [-0.15, -0.1) is 11.3 Å². The highest BCUT2D eigenvalue weighted by Crippen LogP contribution is 2.30. The quantitative estimate of drug-likeness (QED) is 0.770. The fourth-order valence-corrected chi connectivity index (χ4v) is 3.05. The van der Waals surface area contributed by atoms with Crippen molar-refractivity contribution in [1.82, 2.24) is 10.2 Å². The third-order valence-corrected chi connectivity index (χ3v) is 4.35. The Kier molecular flexibility index (Phi) is 3.36. The van der Waals surface area contributed by atoms with E-state index < -0.39 is 0 Å². The first-order valence-corrected chi connectivity index (χ1v) is 7.15. The maximum Gasteiger partial charge on any atom is 0.0950 e. The molecular weight excluding hydrogens is 278 g/mol. The standard InChI is InChI=1S/C14H12ClN3S/c1-9(13-6-7-14(15)19-13)17-12-8-16-18-11-5-3-2-4-10(11)12/h2-9H,1H3,(H,17,18). The molecule has 0 aliphatic heterocycles. The van der Waals surface area contributed by atoms with E-state index in [-0.39, 0.29) is 6.04 Å². The number of rotatable bonds is 3. The van der Waals surface area contributed by atoms with Crippen LogP contribution in [0.25, 0.3) is 10.9 Å². The summed E-state index contributed by atoms with van der Waals surface area (Å²) in [4.78, 5) is 1.20. The molecule has 1 aromatic carbocycles. The fraction of sp³-hybridized carbons (Fsp3) is 0.143. The second-order valence-electron chi connectivity index (χ2n) is 4.28. The molecule has 2 aromatic heterocycles. The van der Waals surface area contributed by atoms with E-state index in [1.165, 1.54) is 4.88 Å². The van der Waals surface area contributed by atoms with E-state index in [0.29, 0.717) is 0 Å². The highest BCUT2D eigenvalue weighted by Gasteiger charge is 2.10. The molecule has 0 saturated heterocycles. The minimum atomic E-state index is 0.185. The van der Waals surface area contributed by atoms with Crippen LogP contribution in [0.4, 0.5) is 5.69 Å². The lowest BCUT2D eigenvalue weighted by molar-refractivity contribution is 0.905. The lowest BCUT2D eigenvalue weighted by atomic mass is 10.2. The zero-order valence-electron chi connectivity index (χ0n) is 10.3. The van der Waals surface area contributed by atoms with E-state index >= 15 is 0 Å². The molecule has 3 nitrogen and oxygen atoms in total. The summed E-state index contributed by atoms with van der Waals surface area (Å²) >= 11 is 7.56. The molecule has 1 N–H and O–H groups in total. The van der Waals surface area contributed by atoms with Gasteiger partial charge < -0.3 is 5.32 Å². The van der Waals surface area contributed by atoms with Crippen LogP contribution < -0.4 is 5.32 Å². The summed E-state index contributed by atoms with van der Waals surface area (Å²) < 4.78 is 0.807. The number of nitrogens with zero attached hydrogens (tertiary/aromatic N) is 2. The Morgan fingerprint density at radius 1 is 1.21 bits per heavy atom. The molecule has 2 heterocycles. The van der Waals surface area contributed by atoms with Gasteiger partial charge in [-0.3, -0.25) is 0 Å². The molecule has 3 rings (SSSR count). The molecule has 0 aliphatic carbocycles. The average molecular weight is 290 g/mol. The second-order valence-corrected chi connectivity index (χ2v) is 6.03. The van der Waals surface area contributed by atoms with Gasteiger partial charge in [0.25, 0.3) is 0 Å². The molecule has 0 spiro atoms. The largest absolute Gasteiger partial charge is 0.376 e. The van der Waals surface area contributed by atoms with Gasteiger partial charge in [0.15, 0.2) is 0 Å². The summed E-state index contributed by atoms with van der Waals surface area (Å²) in [6, 6.07) is 12.1. The van der Waals surface area contributed by atoms with E-state index in [1.54, 1.807) is 17.5 Å². The molecule has 0 aliphatic rings. The molecule has 0 amide bonds. The monoisotopic (exact) mass is 289 g/mol. The molecule has 0 bridgehead atoms. The van der Waals surface area contributed by atoms with Crippen molar-refractivity contribution in [1.29, 1.82) is 0 Å². The summed E-state index contributed by atoms with van der Waals surface area (Å²) in [6.07, 6.45) is 1.76. The Morgan fingerprint density at radius 2 is 2.05 bits per heavy atom. The third-order valence-electron chi connectivity index (χ3n) is 2.94. The Bertz CT molecular complexity index is 705. The van der Waals surface area contributed by atoms with Crippen molar-refractivity contribution in [3.05, 3.63) is 51.8 Å². The Balaban J connectivity index is 1.93. The first-order chi connectivity index (χ1) is 9.24. The van der Waals surface area contributed by atoms with Gasteiger partial charge in [0.2, 0.25) is 0 Å². The van der Waals surface area contributed by atoms with Crippen molar-refractivity contribution < 1.29 is 0 Å². The van der Waals surface area contributed by atoms with Crippen LogP contribution in [0.1, 0.15) is 17.8 Å². The molecule has 1 atom stereocenters. The van der Waals surface area contributed by atoms with Gasteiger partial charge in [0.1, 0.15) is 0 Å². The summed E-state index contributed by atoms with van der Waals surface area (Å²) in [5, 5.41) is 12.7. The Hall–Kier alpha value is -1.65. The van der Waals surface area contributed by atoms with Gasteiger partial charge in [0, 0.05) is 10.3 Å². The number of halogens is 1. The van der Waals surface area contributed by atoms with Gasteiger partial charge in [-0.2, -0.15) is 10.2 Å². The summed E-state index contributed by atoms with van der Waals surface area (Å²) in [5.41, 5.74) is 1.88. The van der Waals surface area contributed by atoms with Crippen LogP contribution in [0.2, 0.25) is 4.34 Å². The van der Waals surface area contributed by atoms with Crippen molar-refractivity contribution in [2.75, 3.05) is 5.32 Å². The molecule has 19 heavy (non-hydrogen) atoms. The smallest absolute Gasteiger partial charge is 0.0950 e. The predicted octanol–water partition coefficient (Wildman–Crippen LogP) is 4.52. The van der Waals surface area contributed by atoms with Crippen LogP contribution in [-0.4, -0.2) is 10.2 Å². The van der Waals surface area contributed by atoms with Crippen LogP contribution in [0.3, 0.4) is 0 Å². The molecule has 0 saturated carbocycles. The molecular formula is C14H12ClN3S. The zero-order valence-corrected chi connectivity index (χ0v) is 11.9. The number of fused-ring (bicyclic) bond motifs is 1. The average Bonchev–Trinajstić information content (AvgIpc) is 2.86. The van der Waals surface area contributed by atoms with Gasteiger partial charge in [-0.1, -0.05) is 29.8 Å². The number of benzene rings is 1. The molecule has 5 heteroatoms. The highest BCUT2D eigenvalue weighted by atomic mass is 35.5. The normalized spacial score (nSPS) is 12.5. The maximum absolute atomic E-state index is 5.97. The van der Waals surface area contributed by atoms with Crippen LogP contribution in [-0.2, 0) is 0 Å². The molecule has 96 valence electrons. The first-order valence-electron chi connectivity index (χ1n) is 5.96. The highest BCUT2D eigenvalue weighted by molar-refractivity contribution is 7.16. The number of aromatic nitrogens is 2. The SMILES string of the molecule is CC(Nc1cnnc2ccccc12)c1ccc(Cl)s1. The van der Waals surface area contributed by atoms with Gasteiger partial charge in [-0.05, 0) is 25.1 Å². The van der Waals surface area contributed by atoms with Gasteiger partial charge in [-0.25, -0.2) is 0 Å². The van der Waals surface area contributed by atoms with Crippen molar-refractivity contribution in [3.8, 4) is 0 Å². The Labute approximate surface area is 120 Å². The predicted molar refractivity (Wildman–Crippen MR) is 80.9 cm³/mol. The van der Waals surface area contributed by atoms with E-state index in [9.17, 15) is 0 Å². The number of hydrogen-bond acceptors (Lipinski definition) is 4. The number of nitrogens with one attached hydrogen (secondary N) is 1. The maximum atomic E-state index is 5.97. The lowest BCUT2D eigenvalue weighted by Crippen LogP contribution is -2.06. The van der Waals surface area contributed by atoms with Gasteiger partial charge in [0.05, 0.1) is 27.8 Å². The number of hydrogen-bond donors (Lipinski definition) is 1. The van der Waals surface area contributed by atoms with Crippen molar-refractivity contribution >= 4 is 39.5 Å². The van der Waals surface area contributed by atoms with E-state index in [2.05, 4.69) is 22.4 Å². The molecule has 1 unspecified atom stereocenters. The minimum absolute atomic E-state index is 0.185. The third kappa shape index (κ3) is 2.55. The summed E-state index contributed by atoms with van der Waals surface area (Å²) in [7, 11) is 0. The van der Waals surface area contributed by atoms with E-state index in [4.69, 9.17) is 11.6 Å². The van der Waals surface area contributed by atoms with Crippen LogP contribution >= 0.6 is 22.9 Å². The van der Waals surface area contributed by atoms with Crippen LogP contribution in [0.5, 0.6) is 0 Å². The second kappa shape index (κ2) is 5.15. The van der Waals surface area contributed by atoms with E-state index in [0.717, 1.165) is 20.9 Å². The molecule has 0 radical (unpaired) electrons. The van der Waals surface area contributed by atoms with Crippen LogP contribution in [0.15, 0.2) is 42.6 Å². The van der Waals surface area contributed by atoms with Crippen LogP contribution in [0, 0.1) is 0 Å². The summed E-state index contributed by atoms with van der Waals surface area (Å²) in [6.45, 7) is 2.11. The summed E-state index contributed by atoms with van der Waals surface area (Å²) in [5.74, 6) is 0. The van der Waals surface area contributed by atoms with Crippen molar-refractivity contribution in [2.24, 2.45) is 0 Å². The minimum Gasteiger partial charge on any atom is -0.376 e. The number of thiophene rings is 1.